The molecule has 5 nitrogen and oxygen atoms in total. The van der Waals surface area contributed by atoms with Crippen molar-refractivity contribution in [2.75, 3.05) is 11.1 Å². The third-order valence-electron chi connectivity index (χ3n) is 2.55. The van der Waals surface area contributed by atoms with E-state index in [-0.39, 0.29) is 0 Å². The molecule has 0 unspecified atom stereocenters. The normalized spacial score (nSPS) is 10.2. The molecule has 87 valence electrons. The molecule has 0 aromatic carbocycles. The Balaban J connectivity index is 2.15. The van der Waals surface area contributed by atoms with Gasteiger partial charge in [0, 0.05) is 18.3 Å². The summed E-state index contributed by atoms with van der Waals surface area (Å²) < 4.78 is 0. The molecule has 0 spiro atoms. The molecule has 0 saturated carbocycles. The van der Waals surface area contributed by atoms with Gasteiger partial charge in [0.2, 0.25) is 0 Å². The Morgan fingerprint density at radius 2 is 2.24 bits per heavy atom. The van der Waals surface area contributed by atoms with E-state index in [9.17, 15) is 0 Å². The van der Waals surface area contributed by atoms with Gasteiger partial charge in [-0.25, -0.2) is 15.0 Å². The Labute approximate surface area is 100 Å². The molecule has 2 aromatic rings. The second-order valence-electron chi connectivity index (χ2n) is 3.81. The number of aromatic nitrogens is 3. The molecule has 0 aliphatic rings. The number of nitrogens with two attached hydrogens (primary N) is 1. The zero-order chi connectivity index (χ0) is 12.3. The van der Waals surface area contributed by atoms with E-state index in [0.29, 0.717) is 12.4 Å². The summed E-state index contributed by atoms with van der Waals surface area (Å²) in [5.41, 5.74) is 8.88. The fraction of sp³-hybridized carbons (Fsp3) is 0.250. The number of aryl methyl sites for hydroxylation is 2. The first kappa shape index (κ1) is 11.3. The van der Waals surface area contributed by atoms with Gasteiger partial charge in [-0.3, -0.25) is 0 Å². The van der Waals surface area contributed by atoms with Crippen molar-refractivity contribution in [1.29, 1.82) is 0 Å². The Bertz CT molecular complexity index is 487. The fourth-order valence-electron chi connectivity index (χ4n) is 1.69. The fourth-order valence-corrected chi connectivity index (χ4v) is 1.69. The van der Waals surface area contributed by atoms with Gasteiger partial charge < -0.3 is 11.1 Å². The molecular formula is C12H14N5. The van der Waals surface area contributed by atoms with Crippen LogP contribution in [-0.2, 0) is 6.54 Å². The van der Waals surface area contributed by atoms with Crippen molar-refractivity contribution in [1.82, 2.24) is 15.0 Å². The lowest BCUT2D eigenvalue weighted by atomic mass is 10.1. The van der Waals surface area contributed by atoms with Crippen LogP contribution < -0.4 is 11.1 Å². The van der Waals surface area contributed by atoms with Gasteiger partial charge >= 0.3 is 0 Å². The maximum absolute atomic E-state index is 5.68. The van der Waals surface area contributed by atoms with E-state index in [4.69, 9.17) is 5.73 Å². The largest absolute Gasteiger partial charge is 0.384 e. The maximum Gasteiger partial charge on any atom is 0.130 e. The van der Waals surface area contributed by atoms with Crippen LogP contribution in [0.2, 0.25) is 0 Å². The second kappa shape index (κ2) is 4.78. The third kappa shape index (κ3) is 2.69. The molecule has 0 aliphatic heterocycles. The molecule has 5 heteroatoms. The Hall–Kier alpha value is -2.17. The molecule has 2 heterocycles. The van der Waals surface area contributed by atoms with Crippen LogP contribution in [0.4, 0.5) is 11.6 Å². The van der Waals surface area contributed by atoms with Gasteiger partial charge in [0.25, 0.3) is 0 Å². The van der Waals surface area contributed by atoms with Crippen LogP contribution in [0.15, 0.2) is 18.5 Å². The standard InChI is InChI=1S/C12H14N5/c1-8-5-11(13)17-9(2)10(8)6-15-12-3-4-14-7-16-12/h3,5,7H,6H2,1-2H3,(H2,13,17)(H,14,15,16). The van der Waals surface area contributed by atoms with Crippen molar-refractivity contribution in [2.45, 2.75) is 20.4 Å². The third-order valence-corrected chi connectivity index (χ3v) is 2.55. The van der Waals surface area contributed by atoms with E-state index >= 15 is 0 Å². The van der Waals surface area contributed by atoms with E-state index in [0.717, 1.165) is 22.6 Å². The summed E-state index contributed by atoms with van der Waals surface area (Å²) in [4.78, 5) is 12.1. The Morgan fingerprint density at radius 3 is 2.88 bits per heavy atom. The van der Waals surface area contributed by atoms with Crippen LogP contribution in [-0.4, -0.2) is 15.0 Å². The van der Waals surface area contributed by atoms with E-state index in [1.54, 1.807) is 6.07 Å². The topological polar surface area (TPSA) is 76.7 Å². The van der Waals surface area contributed by atoms with E-state index in [1.165, 1.54) is 6.33 Å². The van der Waals surface area contributed by atoms with E-state index < -0.39 is 0 Å². The monoisotopic (exact) mass is 228 g/mol. The lowest BCUT2D eigenvalue weighted by Crippen LogP contribution is -2.07. The van der Waals surface area contributed by atoms with Crippen LogP contribution in [0.25, 0.3) is 0 Å². The first-order valence-corrected chi connectivity index (χ1v) is 5.31. The number of nitrogen functional groups attached to an aromatic ring is 1. The summed E-state index contributed by atoms with van der Waals surface area (Å²) in [5, 5.41) is 3.20. The van der Waals surface area contributed by atoms with Crippen LogP contribution in [0.5, 0.6) is 0 Å². The summed E-state index contributed by atoms with van der Waals surface area (Å²) in [6.45, 7) is 4.64. The molecule has 3 N–H and O–H groups in total. The predicted molar refractivity (Wildman–Crippen MR) is 66.3 cm³/mol. The molecule has 0 atom stereocenters. The van der Waals surface area contributed by atoms with Crippen molar-refractivity contribution < 1.29 is 0 Å². The van der Waals surface area contributed by atoms with Crippen molar-refractivity contribution in [3.05, 3.63) is 41.5 Å². The summed E-state index contributed by atoms with van der Waals surface area (Å²) in [5.74, 6) is 1.30. The van der Waals surface area contributed by atoms with Crippen molar-refractivity contribution in [2.24, 2.45) is 0 Å². The van der Waals surface area contributed by atoms with Gasteiger partial charge in [-0.05, 0) is 31.0 Å². The Kier molecular flexibility index (Phi) is 3.18. The minimum absolute atomic E-state index is 0.555. The number of hydrogen-bond acceptors (Lipinski definition) is 5. The molecule has 1 radical (unpaired) electrons. The average molecular weight is 228 g/mol. The molecule has 2 aromatic heterocycles. The molecule has 17 heavy (non-hydrogen) atoms. The molecule has 0 saturated heterocycles. The van der Waals surface area contributed by atoms with Crippen molar-refractivity contribution in [3.8, 4) is 0 Å². The van der Waals surface area contributed by atoms with Crippen LogP contribution >= 0.6 is 0 Å². The highest BCUT2D eigenvalue weighted by Gasteiger charge is 2.05. The van der Waals surface area contributed by atoms with Gasteiger partial charge in [-0.15, -0.1) is 0 Å². The van der Waals surface area contributed by atoms with Gasteiger partial charge in [-0.1, -0.05) is 0 Å². The number of nitrogens with one attached hydrogen (secondary N) is 1. The summed E-state index contributed by atoms with van der Waals surface area (Å²) in [6.07, 6.45) is 4.19. The quantitative estimate of drug-likeness (QED) is 0.832. The average Bonchev–Trinajstić information content (AvgIpc) is 2.29. The second-order valence-corrected chi connectivity index (χ2v) is 3.81. The minimum Gasteiger partial charge on any atom is -0.384 e. The molecule has 0 fully saturated rings. The van der Waals surface area contributed by atoms with Crippen molar-refractivity contribution in [3.63, 3.8) is 0 Å². The molecular weight excluding hydrogens is 214 g/mol. The maximum atomic E-state index is 5.68. The minimum atomic E-state index is 0.555. The number of anilines is 2. The zero-order valence-corrected chi connectivity index (χ0v) is 9.86. The van der Waals surface area contributed by atoms with Gasteiger partial charge in [0.15, 0.2) is 0 Å². The highest BCUT2D eigenvalue weighted by molar-refractivity contribution is 5.42. The van der Waals surface area contributed by atoms with E-state index in [2.05, 4.69) is 26.5 Å². The first-order valence-electron chi connectivity index (χ1n) is 5.31. The van der Waals surface area contributed by atoms with Crippen LogP contribution in [0.3, 0.4) is 0 Å². The number of nitrogens with zero attached hydrogens (tertiary/aromatic N) is 3. The zero-order valence-electron chi connectivity index (χ0n) is 9.86. The number of rotatable bonds is 3. The SMILES string of the molecule is Cc1cc(N)nc(C)c1CNc1c[c]ncn1. The smallest absolute Gasteiger partial charge is 0.130 e. The van der Waals surface area contributed by atoms with Crippen LogP contribution in [0.1, 0.15) is 16.8 Å². The highest BCUT2D eigenvalue weighted by Crippen LogP contribution is 2.15. The van der Waals surface area contributed by atoms with Gasteiger partial charge in [0.05, 0.1) is 6.20 Å². The van der Waals surface area contributed by atoms with Crippen molar-refractivity contribution >= 4 is 11.6 Å². The van der Waals surface area contributed by atoms with E-state index in [1.807, 2.05) is 19.9 Å². The molecule has 0 aliphatic carbocycles. The van der Waals surface area contributed by atoms with Gasteiger partial charge in [-0.2, -0.15) is 0 Å². The Morgan fingerprint density at radius 1 is 1.41 bits per heavy atom. The van der Waals surface area contributed by atoms with Crippen LogP contribution in [0, 0.1) is 20.0 Å². The molecule has 0 bridgehead atoms. The molecule has 0 amide bonds. The number of hydrogen-bond donors (Lipinski definition) is 2. The lowest BCUT2D eigenvalue weighted by molar-refractivity contribution is 1.01. The lowest BCUT2D eigenvalue weighted by Gasteiger charge is -2.11. The summed E-state index contributed by atoms with van der Waals surface area (Å²) in [7, 11) is 0. The molecule has 2 rings (SSSR count). The predicted octanol–water partition coefficient (Wildman–Crippen LogP) is 1.48. The first-order chi connectivity index (χ1) is 8.16. The number of pyridine rings is 1. The van der Waals surface area contributed by atoms with Gasteiger partial charge in [0.1, 0.15) is 18.0 Å². The summed E-state index contributed by atoms with van der Waals surface area (Å²) >= 11 is 0. The highest BCUT2D eigenvalue weighted by atomic mass is 15.0. The summed E-state index contributed by atoms with van der Waals surface area (Å²) in [6, 6.07) is 3.57.